The van der Waals surface area contributed by atoms with E-state index < -0.39 is 9.84 Å². The fraction of sp³-hybridized carbons (Fsp3) is 0.412. The Labute approximate surface area is 245 Å². The molecule has 0 atom stereocenters. The largest absolute Gasteiger partial charge is 0.494 e. The van der Waals surface area contributed by atoms with Crippen LogP contribution in [0.5, 0.6) is 5.75 Å². The SMILES string of the molecule is CC(C)c1cn2ccccc2c1S(=O)(=O)c1ccc(OCCCN(C)Cc2ccc(N3CCCCCC3)cc2)cc1. The van der Waals surface area contributed by atoms with Crippen LogP contribution in [0.2, 0.25) is 0 Å². The van der Waals surface area contributed by atoms with Crippen LogP contribution in [0.4, 0.5) is 5.69 Å². The first-order chi connectivity index (χ1) is 19.8. The van der Waals surface area contributed by atoms with Gasteiger partial charge in [-0.3, -0.25) is 0 Å². The molecule has 0 saturated carbocycles. The van der Waals surface area contributed by atoms with Crippen molar-refractivity contribution in [2.75, 3.05) is 38.2 Å². The third kappa shape index (κ3) is 6.96. The maximum Gasteiger partial charge on any atom is 0.209 e. The Bertz CT molecular complexity index is 1520. The first-order valence-electron chi connectivity index (χ1n) is 14.9. The summed E-state index contributed by atoms with van der Waals surface area (Å²) in [7, 11) is -1.54. The van der Waals surface area contributed by atoms with Gasteiger partial charge in [-0.05, 0) is 91.9 Å². The fourth-order valence-corrected chi connectivity index (χ4v) is 7.49. The molecule has 6 nitrogen and oxygen atoms in total. The molecule has 0 aliphatic carbocycles. The van der Waals surface area contributed by atoms with Crippen molar-refractivity contribution in [3.63, 3.8) is 0 Å². The van der Waals surface area contributed by atoms with Crippen molar-refractivity contribution in [1.29, 1.82) is 0 Å². The molecule has 0 radical (unpaired) electrons. The number of aromatic nitrogens is 1. The number of fused-ring (bicyclic) bond motifs is 1. The molecule has 41 heavy (non-hydrogen) atoms. The Kier molecular flexibility index (Phi) is 9.35. The number of rotatable bonds is 11. The summed E-state index contributed by atoms with van der Waals surface area (Å²) in [5.41, 5.74) is 4.19. The van der Waals surface area contributed by atoms with Gasteiger partial charge in [0.15, 0.2) is 0 Å². The Balaban J connectivity index is 1.12. The number of sulfone groups is 1. The van der Waals surface area contributed by atoms with E-state index >= 15 is 0 Å². The zero-order valence-electron chi connectivity index (χ0n) is 24.6. The minimum absolute atomic E-state index is 0.0870. The molecule has 2 aromatic heterocycles. The van der Waals surface area contributed by atoms with Gasteiger partial charge in [0.25, 0.3) is 0 Å². The van der Waals surface area contributed by atoms with Gasteiger partial charge in [0.1, 0.15) is 10.6 Å². The molecule has 1 aliphatic heterocycles. The Morgan fingerprint density at radius 1 is 0.902 bits per heavy atom. The number of pyridine rings is 1. The quantitative estimate of drug-likeness (QED) is 0.178. The van der Waals surface area contributed by atoms with Crippen molar-refractivity contribution in [2.24, 2.45) is 0 Å². The molecule has 218 valence electrons. The molecule has 0 bridgehead atoms. The highest BCUT2D eigenvalue weighted by Gasteiger charge is 2.27. The Hall–Kier alpha value is -3.29. The van der Waals surface area contributed by atoms with E-state index in [0.717, 1.165) is 25.1 Å². The summed E-state index contributed by atoms with van der Waals surface area (Å²) in [5, 5.41) is 0. The van der Waals surface area contributed by atoms with Crippen molar-refractivity contribution in [2.45, 2.75) is 68.2 Å². The van der Waals surface area contributed by atoms with Crippen LogP contribution in [0.1, 0.15) is 63.0 Å². The zero-order valence-corrected chi connectivity index (χ0v) is 25.4. The molecule has 1 fully saturated rings. The van der Waals surface area contributed by atoms with Gasteiger partial charge in [0, 0.05) is 44.3 Å². The van der Waals surface area contributed by atoms with Crippen LogP contribution >= 0.6 is 0 Å². The first kappa shape index (κ1) is 29.2. The van der Waals surface area contributed by atoms with Gasteiger partial charge in [-0.15, -0.1) is 0 Å². The van der Waals surface area contributed by atoms with E-state index in [2.05, 4.69) is 41.1 Å². The third-order valence-electron chi connectivity index (χ3n) is 8.00. The predicted molar refractivity (Wildman–Crippen MR) is 167 cm³/mol. The smallest absolute Gasteiger partial charge is 0.209 e. The van der Waals surface area contributed by atoms with Gasteiger partial charge in [0.2, 0.25) is 9.84 Å². The molecule has 0 N–H and O–H groups in total. The number of hydrogen-bond acceptors (Lipinski definition) is 5. The van der Waals surface area contributed by atoms with Gasteiger partial charge in [-0.2, -0.15) is 0 Å². The van der Waals surface area contributed by atoms with Crippen molar-refractivity contribution in [1.82, 2.24) is 9.30 Å². The standard InChI is InChI=1S/C34H43N3O3S/c1-27(2)32-26-37-23-9-6-11-33(37)34(32)41(38,39)31-18-16-30(17-19-31)40-24-10-20-35(3)25-28-12-14-29(15-13-28)36-21-7-4-5-8-22-36/h6,9,11-19,23,26-27H,4-5,7-8,10,20-22,24-25H2,1-3H3. The third-order valence-corrected chi connectivity index (χ3v) is 9.88. The summed E-state index contributed by atoms with van der Waals surface area (Å²) >= 11 is 0. The summed E-state index contributed by atoms with van der Waals surface area (Å²) in [6.45, 7) is 8.78. The highest BCUT2D eigenvalue weighted by Crippen LogP contribution is 2.34. The van der Waals surface area contributed by atoms with Crippen LogP contribution in [-0.4, -0.2) is 51.0 Å². The van der Waals surface area contributed by atoms with Gasteiger partial charge in [-0.25, -0.2) is 8.42 Å². The molecule has 2 aromatic carbocycles. The van der Waals surface area contributed by atoms with Crippen LogP contribution in [-0.2, 0) is 16.4 Å². The van der Waals surface area contributed by atoms with Crippen LogP contribution in [0, 0.1) is 0 Å². The summed E-state index contributed by atoms with van der Waals surface area (Å²) in [6.07, 6.45) is 9.98. The fourth-order valence-electron chi connectivity index (χ4n) is 5.71. The van der Waals surface area contributed by atoms with Gasteiger partial charge in [-0.1, -0.05) is 44.9 Å². The zero-order chi connectivity index (χ0) is 28.8. The normalized spacial score (nSPS) is 14.6. The molecular weight excluding hydrogens is 530 g/mol. The molecule has 0 spiro atoms. The molecule has 7 heteroatoms. The Morgan fingerprint density at radius 3 is 2.29 bits per heavy atom. The number of nitrogens with zero attached hydrogens (tertiary/aromatic N) is 3. The van der Waals surface area contributed by atoms with Crippen LogP contribution in [0.25, 0.3) is 5.52 Å². The van der Waals surface area contributed by atoms with Crippen LogP contribution in [0.3, 0.4) is 0 Å². The number of benzene rings is 2. The maximum absolute atomic E-state index is 13.7. The lowest BCUT2D eigenvalue weighted by Crippen LogP contribution is -2.24. The minimum Gasteiger partial charge on any atom is -0.494 e. The number of ether oxygens (including phenoxy) is 1. The molecule has 4 aromatic rings. The average Bonchev–Trinajstić information content (AvgIpc) is 3.17. The monoisotopic (exact) mass is 573 g/mol. The number of anilines is 1. The summed E-state index contributed by atoms with van der Waals surface area (Å²) in [6, 6.07) is 21.5. The van der Waals surface area contributed by atoms with Gasteiger partial charge in [0.05, 0.1) is 17.0 Å². The van der Waals surface area contributed by atoms with E-state index in [9.17, 15) is 8.42 Å². The summed E-state index contributed by atoms with van der Waals surface area (Å²) in [4.78, 5) is 5.51. The highest BCUT2D eigenvalue weighted by atomic mass is 32.2. The number of hydrogen-bond donors (Lipinski definition) is 0. The average molecular weight is 574 g/mol. The maximum atomic E-state index is 13.7. The lowest BCUT2D eigenvalue weighted by molar-refractivity contribution is 0.258. The van der Waals surface area contributed by atoms with Crippen molar-refractivity contribution >= 4 is 21.0 Å². The molecule has 3 heterocycles. The molecular formula is C34H43N3O3S. The topological polar surface area (TPSA) is 54.3 Å². The first-order valence-corrected chi connectivity index (χ1v) is 16.4. The second kappa shape index (κ2) is 13.1. The summed E-state index contributed by atoms with van der Waals surface area (Å²) < 4.78 is 35.2. The van der Waals surface area contributed by atoms with E-state index in [1.54, 1.807) is 24.3 Å². The molecule has 5 rings (SSSR count). The minimum atomic E-state index is -3.68. The highest BCUT2D eigenvalue weighted by molar-refractivity contribution is 7.91. The molecule has 1 aliphatic rings. The molecule has 0 unspecified atom stereocenters. The molecule has 1 saturated heterocycles. The lowest BCUT2D eigenvalue weighted by Gasteiger charge is -2.23. The predicted octanol–water partition coefficient (Wildman–Crippen LogP) is 7.18. The van der Waals surface area contributed by atoms with E-state index in [4.69, 9.17) is 4.74 Å². The van der Waals surface area contributed by atoms with Crippen LogP contribution < -0.4 is 9.64 Å². The Morgan fingerprint density at radius 2 is 1.61 bits per heavy atom. The van der Waals surface area contributed by atoms with Crippen molar-refractivity contribution in [3.05, 3.63) is 90.3 Å². The van der Waals surface area contributed by atoms with E-state index in [-0.39, 0.29) is 10.8 Å². The second-order valence-corrected chi connectivity index (χ2v) is 13.4. The van der Waals surface area contributed by atoms with Crippen molar-refractivity contribution < 1.29 is 13.2 Å². The molecule has 0 amide bonds. The van der Waals surface area contributed by atoms with Gasteiger partial charge < -0.3 is 18.9 Å². The van der Waals surface area contributed by atoms with Crippen molar-refractivity contribution in [3.8, 4) is 5.75 Å². The van der Waals surface area contributed by atoms with E-state index in [0.29, 0.717) is 22.8 Å². The second-order valence-electron chi connectivity index (χ2n) is 11.5. The van der Waals surface area contributed by atoms with E-state index in [1.165, 1.54) is 50.0 Å². The summed E-state index contributed by atoms with van der Waals surface area (Å²) in [5.74, 6) is 0.769. The van der Waals surface area contributed by atoms with Crippen LogP contribution in [0.15, 0.2) is 88.9 Å². The lowest BCUT2D eigenvalue weighted by atomic mass is 10.1. The van der Waals surface area contributed by atoms with Gasteiger partial charge >= 0.3 is 0 Å². The van der Waals surface area contributed by atoms with E-state index in [1.807, 2.05) is 48.8 Å².